The molecule has 94 valence electrons. The zero-order chi connectivity index (χ0) is 13.0. The van der Waals surface area contributed by atoms with E-state index in [0.717, 1.165) is 17.9 Å². The largest absolute Gasteiger partial charge is 0.457 e. The van der Waals surface area contributed by atoms with Crippen LogP contribution >= 0.6 is 0 Å². The summed E-state index contributed by atoms with van der Waals surface area (Å²) in [6.45, 7) is 0. The molecule has 2 aromatic rings. The Bertz CT molecular complexity index is 477. The van der Waals surface area contributed by atoms with Crippen molar-refractivity contribution in [2.24, 2.45) is 0 Å². The standard InChI is InChI=1S/C13H10O.AsH3O3/c1-3-7-12-10(5-1)9-11-6-2-4-8-13(11)14-12;2-1(3)4/h1-8H,9H2;1H,(H2,2,3,4). The second kappa shape index (κ2) is 5.91. The predicted octanol–water partition coefficient (Wildman–Crippen LogP) is 1.50. The van der Waals surface area contributed by atoms with E-state index in [0.29, 0.717) is 0 Å². The van der Waals surface area contributed by atoms with Crippen LogP contribution in [0.25, 0.3) is 0 Å². The fourth-order valence-corrected chi connectivity index (χ4v) is 1.82. The van der Waals surface area contributed by atoms with Crippen molar-refractivity contribution in [1.82, 2.24) is 0 Å². The maximum Gasteiger partial charge on any atom is 0.130 e. The van der Waals surface area contributed by atoms with Crippen LogP contribution in [0.4, 0.5) is 0 Å². The Hall–Kier alpha value is -1.48. The summed E-state index contributed by atoms with van der Waals surface area (Å²) in [6.07, 6.45) is 0.979. The Balaban J connectivity index is 0.000000267. The van der Waals surface area contributed by atoms with E-state index in [1.807, 2.05) is 24.3 Å². The minimum absolute atomic E-state index is 0.979. The van der Waals surface area contributed by atoms with Gasteiger partial charge in [-0.2, -0.15) is 0 Å². The smallest absolute Gasteiger partial charge is 0.130 e. The Labute approximate surface area is 110 Å². The van der Waals surface area contributed by atoms with Crippen LogP contribution < -0.4 is 4.74 Å². The van der Waals surface area contributed by atoms with Crippen molar-refractivity contribution < 1.29 is 16.7 Å². The number of para-hydroxylation sites is 2. The molecule has 0 unspecified atom stereocenters. The molecule has 0 spiro atoms. The van der Waals surface area contributed by atoms with Crippen molar-refractivity contribution in [3.05, 3.63) is 59.7 Å². The van der Waals surface area contributed by atoms with Crippen LogP contribution in [0.2, 0.25) is 0 Å². The van der Waals surface area contributed by atoms with E-state index >= 15 is 0 Å². The molecule has 0 aliphatic carbocycles. The zero-order valence-corrected chi connectivity index (χ0v) is 11.6. The number of rotatable bonds is 0. The van der Waals surface area contributed by atoms with Crippen LogP contribution in [0.3, 0.4) is 0 Å². The predicted molar refractivity (Wildman–Crippen MR) is 68.0 cm³/mol. The van der Waals surface area contributed by atoms with Gasteiger partial charge in [-0.05, 0) is 23.3 Å². The molecule has 0 aromatic heterocycles. The van der Waals surface area contributed by atoms with Gasteiger partial charge in [-0.1, -0.05) is 36.4 Å². The van der Waals surface area contributed by atoms with Crippen molar-refractivity contribution in [2.45, 2.75) is 6.42 Å². The van der Waals surface area contributed by atoms with E-state index in [-0.39, 0.29) is 0 Å². The quantitative estimate of drug-likeness (QED) is 0.618. The molecule has 0 fully saturated rings. The van der Waals surface area contributed by atoms with Crippen LogP contribution in [0.5, 0.6) is 11.5 Å². The van der Waals surface area contributed by atoms with Gasteiger partial charge < -0.3 is 4.74 Å². The second-order valence-electron chi connectivity index (χ2n) is 3.78. The van der Waals surface area contributed by atoms with Gasteiger partial charge in [0.1, 0.15) is 11.5 Å². The topological polar surface area (TPSA) is 66.8 Å². The van der Waals surface area contributed by atoms with Gasteiger partial charge in [0.15, 0.2) is 0 Å². The number of benzene rings is 2. The van der Waals surface area contributed by atoms with Crippen LogP contribution in [-0.2, 0) is 10.2 Å². The maximum absolute atomic E-state index is 8.81. The van der Waals surface area contributed by atoms with Gasteiger partial charge in [0.05, 0.1) is 0 Å². The number of hydrogen-bond donors (Lipinski definition) is 2. The first-order valence-corrected chi connectivity index (χ1v) is 8.15. The monoisotopic (exact) mass is 308 g/mol. The van der Waals surface area contributed by atoms with E-state index in [9.17, 15) is 0 Å². The zero-order valence-electron chi connectivity index (χ0n) is 9.54. The summed E-state index contributed by atoms with van der Waals surface area (Å²) in [4.78, 5) is 0. The van der Waals surface area contributed by atoms with Crippen molar-refractivity contribution in [3.8, 4) is 11.5 Å². The van der Waals surface area contributed by atoms with Crippen LogP contribution in [0, 0.1) is 0 Å². The molecule has 0 bridgehead atoms. The fraction of sp³-hybridized carbons (Fsp3) is 0.0769. The van der Waals surface area contributed by atoms with E-state index in [1.165, 1.54) is 11.1 Å². The molecule has 5 heteroatoms. The van der Waals surface area contributed by atoms with Gasteiger partial charge in [0.25, 0.3) is 0 Å². The third kappa shape index (κ3) is 3.26. The minimum atomic E-state index is -3.58. The van der Waals surface area contributed by atoms with E-state index in [4.69, 9.17) is 16.7 Å². The Kier molecular flexibility index (Phi) is 4.26. The van der Waals surface area contributed by atoms with E-state index in [1.54, 1.807) is 0 Å². The summed E-state index contributed by atoms with van der Waals surface area (Å²) in [5.74, 6) is 1.98. The van der Waals surface area contributed by atoms with Crippen molar-refractivity contribution >= 4 is 15.3 Å². The molecule has 0 radical (unpaired) electrons. The Morgan fingerprint density at radius 3 is 1.72 bits per heavy atom. The molecule has 1 aliphatic rings. The summed E-state index contributed by atoms with van der Waals surface area (Å²) < 4.78 is 29.0. The maximum atomic E-state index is 8.81. The normalized spacial score (nSPS) is 11.7. The van der Waals surface area contributed by atoms with Gasteiger partial charge in [-0.25, -0.2) is 0 Å². The molecule has 4 nitrogen and oxygen atoms in total. The van der Waals surface area contributed by atoms with E-state index < -0.39 is 15.3 Å². The molecule has 18 heavy (non-hydrogen) atoms. The molecular formula is C13H13AsO4. The molecule has 0 saturated carbocycles. The molecule has 2 aromatic carbocycles. The molecule has 1 heterocycles. The van der Waals surface area contributed by atoms with Crippen LogP contribution in [0.15, 0.2) is 48.5 Å². The third-order valence-corrected chi connectivity index (χ3v) is 2.55. The summed E-state index contributed by atoms with van der Waals surface area (Å²) in [5.41, 5.74) is 2.54. The first kappa shape index (κ1) is 13.0. The van der Waals surface area contributed by atoms with Gasteiger partial charge in [-0.3, -0.25) is 0 Å². The summed E-state index contributed by atoms with van der Waals surface area (Å²) in [5, 5.41) is 0. The van der Waals surface area contributed by atoms with Gasteiger partial charge in [0, 0.05) is 6.42 Å². The number of hydrogen-bond acceptors (Lipinski definition) is 2. The van der Waals surface area contributed by atoms with Crippen LogP contribution in [0.1, 0.15) is 11.1 Å². The fourth-order valence-electron chi connectivity index (χ4n) is 1.82. The van der Waals surface area contributed by atoms with Gasteiger partial charge in [0.2, 0.25) is 0 Å². The molecule has 0 atom stereocenters. The SMILES string of the molecule is O=[AsH](O)O.c1ccc2c(c1)Cc1ccccc1O2. The van der Waals surface area contributed by atoms with Crippen molar-refractivity contribution in [2.75, 3.05) is 0 Å². The average molecular weight is 308 g/mol. The summed E-state index contributed by atoms with van der Waals surface area (Å²) >= 11 is -3.58. The molecule has 2 N–H and O–H groups in total. The minimum Gasteiger partial charge on any atom is -0.457 e. The summed E-state index contributed by atoms with van der Waals surface area (Å²) in [7, 11) is 0. The first-order chi connectivity index (χ1) is 8.66. The molecule has 0 saturated heterocycles. The molecule has 1 aliphatic heterocycles. The van der Waals surface area contributed by atoms with E-state index in [2.05, 4.69) is 24.3 Å². The third-order valence-electron chi connectivity index (χ3n) is 2.55. The van der Waals surface area contributed by atoms with Gasteiger partial charge in [-0.15, -0.1) is 0 Å². The number of fused-ring (bicyclic) bond motifs is 2. The molecule has 0 amide bonds. The van der Waals surface area contributed by atoms with Gasteiger partial charge >= 0.3 is 27.2 Å². The number of ether oxygens (including phenoxy) is 1. The Morgan fingerprint density at radius 2 is 1.28 bits per heavy atom. The van der Waals surface area contributed by atoms with Crippen molar-refractivity contribution in [1.29, 1.82) is 0 Å². The second-order valence-corrected chi connectivity index (χ2v) is 4.96. The Morgan fingerprint density at radius 1 is 0.889 bits per heavy atom. The average Bonchev–Trinajstić information content (AvgIpc) is 2.35. The van der Waals surface area contributed by atoms with Crippen molar-refractivity contribution in [3.63, 3.8) is 0 Å². The first-order valence-electron chi connectivity index (χ1n) is 5.42. The molecule has 3 rings (SSSR count). The summed E-state index contributed by atoms with van der Waals surface area (Å²) in [6, 6.07) is 16.4. The molecular weight excluding hydrogens is 295 g/mol. The van der Waals surface area contributed by atoms with Crippen LogP contribution in [-0.4, -0.2) is 23.5 Å².